The number of hydrogen-bond acceptors (Lipinski definition) is 11. The second-order valence-corrected chi connectivity index (χ2v) is 14.2. The molecule has 6 heterocycles. The van der Waals surface area contributed by atoms with E-state index in [1.54, 1.807) is 27.8 Å². The highest BCUT2D eigenvalue weighted by molar-refractivity contribution is 6.33. The van der Waals surface area contributed by atoms with E-state index < -0.39 is 72.3 Å². The molecule has 19 heteroatoms. The van der Waals surface area contributed by atoms with Crippen molar-refractivity contribution in [3.63, 3.8) is 0 Å². The van der Waals surface area contributed by atoms with E-state index in [-0.39, 0.29) is 46.4 Å². The molecule has 0 bridgehead atoms. The molecule has 1 aromatic carbocycles. The van der Waals surface area contributed by atoms with Gasteiger partial charge in [-0.05, 0) is 44.0 Å². The number of piperidine rings is 1. The first kappa shape index (κ1) is 36.7. The summed E-state index contributed by atoms with van der Waals surface area (Å²) in [7, 11) is 1.57. The number of nitrogens with zero attached hydrogens (tertiary/aromatic N) is 6. The van der Waals surface area contributed by atoms with Gasteiger partial charge in [0.25, 0.3) is 11.8 Å². The van der Waals surface area contributed by atoms with Crippen molar-refractivity contribution in [1.82, 2.24) is 25.1 Å². The first-order valence-electron chi connectivity index (χ1n) is 16.9. The van der Waals surface area contributed by atoms with Gasteiger partial charge in [-0.1, -0.05) is 17.7 Å². The maximum atomic E-state index is 16.9. The zero-order valence-electron chi connectivity index (χ0n) is 29.1. The summed E-state index contributed by atoms with van der Waals surface area (Å²) in [6.07, 6.45) is -3.94. The van der Waals surface area contributed by atoms with E-state index in [9.17, 15) is 32.7 Å². The number of ether oxygens (including phenoxy) is 2. The van der Waals surface area contributed by atoms with Gasteiger partial charge in [-0.3, -0.25) is 19.8 Å². The number of fused-ring (bicyclic) bond motifs is 2. The molecule has 5 atom stereocenters. The molecular weight excluding hydrogens is 728 g/mol. The number of halogens is 5. The Morgan fingerprint density at radius 2 is 2.02 bits per heavy atom. The number of allylic oxidation sites excluding steroid dienone is 1. The van der Waals surface area contributed by atoms with Crippen molar-refractivity contribution in [3.05, 3.63) is 63.2 Å². The number of nitrogens with one attached hydrogen (secondary N) is 2. The maximum absolute atomic E-state index is 16.9. The summed E-state index contributed by atoms with van der Waals surface area (Å²) in [5.74, 6) is -3.38. The third kappa shape index (κ3) is 6.00. The quantitative estimate of drug-likeness (QED) is 0.383. The van der Waals surface area contributed by atoms with Crippen LogP contribution in [-0.4, -0.2) is 124 Å². The van der Waals surface area contributed by atoms with Crippen molar-refractivity contribution in [2.24, 2.45) is 9.98 Å². The van der Waals surface area contributed by atoms with E-state index in [1.165, 1.54) is 26.0 Å². The molecule has 0 saturated carbocycles. The summed E-state index contributed by atoms with van der Waals surface area (Å²) >= 11 is 6.14. The van der Waals surface area contributed by atoms with Crippen LogP contribution in [0.5, 0.6) is 0 Å². The number of aliphatic hydroxyl groups is 1. The monoisotopic (exact) mass is 764 g/mol. The van der Waals surface area contributed by atoms with Gasteiger partial charge in [-0.2, -0.15) is 13.2 Å². The molecule has 0 aromatic heterocycles. The summed E-state index contributed by atoms with van der Waals surface area (Å²) in [5, 5.41) is 14.1. The predicted octanol–water partition coefficient (Wildman–Crippen LogP) is 3.49. The Kier molecular flexibility index (Phi) is 9.01. The summed E-state index contributed by atoms with van der Waals surface area (Å²) in [6.45, 7) is 4.51. The fourth-order valence-electron chi connectivity index (χ4n) is 7.67. The number of aliphatic imine (C=N–C) groups is 2. The van der Waals surface area contributed by atoms with Crippen LogP contribution in [0.1, 0.15) is 39.2 Å². The third-order valence-corrected chi connectivity index (χ3v) is 10.7. The van der Waals surface area contributed by atoms with Gasteiger partial charge < -0.3 is 34.6 Å². The smallest absolute Gasteiger partial charge is 0.416 e. The van der Waals surface area contributed by atoms with Crippen LogP contribution in [0, 0.1) is 0 Å². The molecule has 1 saturated heterocycles. The van der Waals surface area contributed by atoms with Gasteiger partial charge in [0.15, 0.2) is 12.2 Å². The number of carbonyl (C=O) groups excluding carboxylic acids is 3. The molecule has 3 amide bonds. The molecule has 0 radical (unpaired) electrons. The van der Waals surface area contributed by atoms with Crippen molar-refractivity contribution >= 4 is 47.2 Å². The van der Waals surface area contributed by atoms with Gasteiger partial charge in [0.2, 0.25) is 11.7 Å². The Labute approximate surface area is 306 Å². The van der Waals surface area contributed by atoms with E-state index >= 15 is 4.39 Å². The number of benzene rings is 1. The fraction of sp³-hybridized carbons (Fsp3) is 0.500. The molecular formula is C34H37ClF4N8O6. The number of hydrazine groups is 1. The highest BCUT2D eigenvalue weighted by atomic mass is 35.5. The Balaban J connectivity index is 1.23. The second kappa shape index (κ2) is 13.0. The number of carbonyl (C=O) groups is 3. The first-order chi connectivity index (χ1) is 25.0. The predicted molar refractivity (Wildman–Crippen MR) is 183 cm³/mol. The lowest BCUT2D eigenvalue weighted by Gasteiger charge is -2.49. The summed E-state index contributed by atoms with van der Waals surface area (Å²) in [4.78, 5) is 55.1. The van der Waals surface area contributed by atoms with Crippen molar-refractivity contribution in [2.45, 2.75) is 69.5 Å². The molecule has 14 nitrogen and oxygen atoms in total. The average Bonchev–Trinajstić information content (AvgIpc) is 3.62. The fourth-order valence-corrected chi connectivity index (χ4v) is 7.90. The van der Waals surface area contributed by atoms with Crippen molar-refractivity contribution in [1.29, 1.82) is 0 Å². The third-order valence-electron chi connectivity index (χ3n) is 10.4. The van der Waals surface area contributed by atoms with E-state index in [0.717, 1.165) is 17.7 Å². The van der Waals surface area contributed by atoms with Crippen LogP contribution in [0.25, 0.3) is 0 Å². The van der Waals surface area contributed by atoms with E-state index in [2.05, 4.69) is 15.7 Å². The van der Waals surface area contributed by atoms with Crippen LogP contribution < -0.4 is 10.7 Å². The van der Waals surface area contributed by atoms with Crippen molar-refractivity contribution in [2.75, 3.05) is 45.2 Å². The maximum Gasteiger partial charge on any atom is 0.416 e. The number of hydrogen-bond donors (Lipinski definition) is 3. The summed E-state index contributed by atoms with van der Waals surface area (Å²) < 4.78 is 68.5. The van der Waals surface area contributed by atoms with Crippen LogP contribution in [0.3, 0.4) is 0 Å². The number of aliphatic hydroxyl groups excluding tert-OH is 1. The molecule has 3 N–H and O–H groups in total. The lowest BCUT2D eigenvalue weighted by atomic mass is 9.80. The van der Waals surface area contributed by atoms with Gasteiger partial charge in [0, 0.05) is 26.9 Å². The molecule has 53 heavy (non-hydrogen) atoms. The minimum absolute atomic E-state index is 0.0317. The lowest BCUT2D eigenvalue weighted by molar-refractivity contribution is -0.153. The molecule has 6 aliphatic heterocycles. The Hall–Kier alpha value is -4.68. The zero-order chi connectivity index (χ0) is 38.2. The number of alkyl halides is 4. The number of amides is 3. The largest absolute Gasteiger partial charge is 0.508 e. The van der Waals surface area contributed by atoms with Crippen molar-refractivity contribution < 1.29 is 46.5 Å². The minimum Gasteiger partial charge on any atom is -0.508 e. The Morgan fingerprint density at radius 3 is 2.68 bits per heavy atom. The van der Waals surface area contributed by atoms with Crippen LogP contribution in [-0.2, 0) is 30.0 Å². The molecule has 1 aromatic rings. The topological polar surface area (TPSA) is 152 Å². The SMILES string of the molecule is CC1=C(O)C(C(=O)N2CCC3(OC(C)C4=C3C(=O)N3NC(C5=CCOCC5)=NC3(C)N4CC(=O)Nc3ccc(C(F)(F)F)cc3Cl)C(F)C2)N(C)C=N1. The molecule has 284 valence electrons. The molecule has 0 aliphatic carbocycles. The van der Waals surface area contributed by atoms with Gasteiger partial charge in [-0.25, -0.2) is 19.4 Å². The normalized spacial score (nSPS) is 30.1. The van der Waals surface area contributed by atoms with E-state index in [1.807, 2.05) is 6.08 Å². The van der Waals surface area contributed by atoms with Gasteiger partial charge in [0.1, 0.15) is 23.7 Å². The second-order valence-electron chi connectivity index (χ2n) is 13.8. The zero-order valence-corrected chi connectivity index (χ0v) is 29.9. The van der Waals surface area contributed by atoms with Gasteiger partial charge in [-0.15, -0.1) is 0 Å². The molecule has 5 unspecified atom stereocenters. The number of amidine groups is 1. The van der Waals surface area contributed by atoms with E-state index in [4.69, 9.17) is 26.1 Å². The Morgan fingerprint density at radius 1 is 1.26 bits per heavy atom. The van der Waals surface area contributed by atoms with Gasteiger partial charge in [0.05, 0.1) is 65.4 Å². The van der Waals surface area contributed by atoms with Crippen LogP contribution in [0.4, 0.5) is 23.2 Å². The number of likely N-dealkylation sites (N-methyl/N-ethyl adjacent to an activating group) is 1. The average molecular weight is 765 g/mol. The summed E-state index contributed by atoms with van der Waals surface area (Å²) in [6, 6.07) is 1.42. The number of rotatable bonds is 5. The molecule has 1 spiro atoms. The van der Waals surface area contributed by atoms with Crippen LogP contribution in [0.15, 0.2) is 62.6 Å². The Bertz CT molecular complexity index is 1940. The highest BCUT2D eigenvalue weighted by Gasteiger charge is 2.65. The standard InChI is InChI=1S/C34H37ClF4N8O6/c1-17-28(49)27(44(4)16-40-17)31(51)45-10-9-33(23(36)14-45)25-26(18(2)53-33)46(15-24(48)41-22-6-5-20(13-21(22)35)34(37,38)39)32(3)42-29(43-47(32)30(25)50)19-7-11-52-12-8-19/h5-7,13,16,18,23,27,49H,8-12,14-15H2,1-4H3,(H,41,48)(H,42,43). The molecule has 1 fully saturated rings. The first-order valence-corrected chi connectivity index (χ1v) is 17.3. The summed E-state index contributed by atoms with van der Waals surface area (Å²) in [5.41, 5.74) is 1.35. The lowest BCUT2D eigenvalue weighted by Crippen LogP contribution is -2.67. The minimum atomic E-state index is -4.65. The number of likely N-dealkylation sites (tertiary alicyclic amines) is 1. The van der Waals surface area contributed by atoms with E-state index in [0.29, 0.717) is 31.5 Å². The van der Waals surface area contributed by atoms with Crippen LogP contribution >= 0.6 is 11.6 Å². The molecule has 7 rings (SSSR count). The van der Waals surface area contributed by atoms with Crippen LogP contribution in [0.2, 0.25) is 5.02 Å². The highest BCUT2D eigenvalue weighted by Crippen LogP contribution is 2.51. The van der Waals surface area contributed by atoms with Gasteiger partial charge >= 0.3 is 6.18 Å². The number of anilines is 1. The molecule has 6 aliphatic rings. The van der Waals surface area contributed by atoms with Crippen molar-refractivity contribution in [3.8, 4) is 0 Å².